The fourth-order valence-electron chi connectivity index (χ4n) is 15.7. The van der Waals surface area contributed by atoms with E-state index < -0.39 is 58.2 Å². The maximum absolute atomic E-state index is 13.9. The van der Waals surface area contributed by atoms with Crippen molar-refractivity contribution in [1.82, 2.24) is 87.5 Å². The van der Waals surface area contributed by atoms with Crippen molar-refractivity contribution in [3.8, 4) is 28.7 Å². The number of H-pyrrole nitrogens is 5. The fourth-order valence-corrected chi connectivity index (χ4v) is 16.4. The summed E-state index contributed by atoms with van der Waals surface area (Å²) < 4.78 is 163. The van der Waals surface area contributed by atoms with Crippen molar-refractivity contribution in [2.45, 2.75) is 45.1 Å². The van der Waals surface area contributed by atoms with E-state index in [2.05, 4.69) is 87.5 Å². The van der Waals surface area contributed by atoms with Gasteiger partial charge in [-0.3, -0.25) is 59.4 Å². The summed E-state index contributed by atoms with van der Waals surface area (Å²) in [6.07, 6.45) is 22.5. The van der Waals surface area contributed by atoms with Crippen molar-refractivity contribution in [1.29, 1.82) is 0 Å². The Morgan fingerprint density at radius 3 is 0.900 bits per heavy atom. The molecule has 0 unspecified atom stereocenters. The van der Waals surface area contributed by atoms with E-state index >= 15 is 0 Å². The first-order chi connectivity index (χ1) is 72.8. The molecule has 8 aromatic heterocycles. The second-order valence-corrected chi connectivity index (χ2v) is 33.9. The lowest BCUT2D eigenvalue weighted by molar-refractivity contribution is 0.0939. The smallest absolute Gasteiger partial charge is 0.255 e. The summed E-state index contributed by atoms with van der Waals surface area (Å²) in [5.74, 6) is -6.19. The zero-order chi connectivity index (χ0) is 105. The molecule has 1 fully saturated rings. The average molecular weight is 2060 g/mol. The molecule has 758 valence electrons. The first-order valence-corrected chi connectivity index (χ1v) is 47.0. The van der Waals surface area contributed by atoms with Gasteiger partial charge in [-0.05, 0) is 247 Å². The van der Waals surface area contributed by atoms with Crippen molar-refractivity contribution >= 4 is 156 Å². The lowest BCUT2D eigenvalue weighted by Gasteiger charge is -2.11. The maximum Gasteiger partial charge on any atom is 0.255 e. The average Bonchev–Trinajstić information content (AvgIpc) is 1.65. The highest BCUT2D eigenvalue weighted by Gasteiger charge is 2.29. The standard InChI is InChI=1S/C24H19F2N3O2.2C23H18F2N4O2.C22H17F2N3O2S.C20H17F2N3O2/c1-31-23-18(24(30)27-14-15-5-3-2-4-6-15)10-12-21-22(23)20(28-29-21)11-8-16-7-9-17(25)13-19(16)26;1-31-22-17(23(30)27-13-14-3-2-10-26-12-14)7-9-20-21(22)19(28-29-20)8-5-15-4-6-16(24)11-18(15)25;1-31-22-17(23(30)27-13-16-4-2-3-11-26-16)8-10-20-21(22)19(28-29-20)9-6-14-5-7-15(24)12-18(14)25;1-29-21-16(22(28)25-11-13-8-9-30-12-13)5-7-19-20(21)18(26-27-19)6-3-14-2-4-15(23)10-17(14)24;1-27-19-14(20(26)23-13-5-6-13)7-9-17-18(19)16(24-25-17)8-3-11-2-4-12(21)10-15(11)22/h2-13H,14H2,1H3,(H,27,30)(H,28,29);2*2-12H,13H2,1H3,(H,27,30)(H,28,29);2-10,12H,11H2,1H3,(H,25,28)(H,26,27);2-4,7-10,13H,5-6H2,1H3,(H,23,26)(H,24,25)/b11-8+;8-5+;9-6+;6-3+;8-3+. The number of fused-ring (bicyclic) bond motifs is 5. The van der Waals surface area contributed by atoms with Gasteiger partial charge >= 0.3 is 0 Å². The lowest BCUT2D eigenvalue weighted by Crippen LogP contribution is -2.25. The molecule has 27 nitrogen and oxygen atoms in total. The Morgan fingerprint density at radius 2 is 0.620 bits per heavy atom. The van der Waals surface area contributed by atoms with Gasteiger partial charge in [0, 0.05) is 102 Å². The number of aromatic nitrogens is 12. The van der Waals surface area contributed by atoms with Crippen molar-refractivity contribution in [3.63, 3.8) is 0 Å². The fraction of sp³-hybridized carbons (Fsp3) is 0.107. The molecule has 20 rings (SSSR count). The third-order valence-corrected chi connectivity index (χ3v) is 24.0. The lowest BCUT2D eigenvalue weighted by atomic mass is 10.1. The summed E-state index contributed by atoms with van der Waals surface area (Å²) in [7, 11) is 7.37. The minimum Gasteiger partial charge on any atom is -0.495 e. The number of ether oxygens (including phenoxy) is 5. The molecule has 1 aliphatic rings. The molecule has 10 N–H and O–H groups in total. The van der Waals surface area contributed by atoms with E-state index in [9.17, 15) is 67.9 Å². The van der Waals surface area contributed by atoms with Gasteiger partial charge in [-0.1, -0.05) is 42.5 Å². The predicted molar refractivity (Wildman–Crippen MR) is 554 cm³/mol. The number of halogens is 10. The van der Waals surface area contributed by atoms with Gasteiger partial charge in [0.15, 0.2) is 0 Å². The van der Waals surface area contributed by atoms with Gasteiger partial charge in [-0.2, -0.15) is 36.8 Å². The van der Waals surface area contributed by atoms with E-state index in [4.69, 9.17) is 23.7 Å². The molecule has 19 aromatic rings. The van der Waals surface area contributed by atoms with Gasteiger partial charge in [-0.15, -0.1) is 0 Å². The highest BCUT2D eigenvalue weighted by Crippen LogP contribution is 2.40. The number of hydrogen-bond donors (Lipinski definition) is 10. The molecule has 0 radical (unpaired) electrons. The van der Waals surface area contributed by atoms with Gasteiger partial charge in [0.25, 0.3) is 29.5 Å². The van der Waals surface area contributed by atoms with E-state index in [0.717, 1.165) is 65.6 Å². The molecular formula is C112H89F10N17O10S. The van der Waals surface area contributed by atoms with Crippen molar-refractivity contribution < 1.29 is 91.6 Å². The van der Waals surface area contributed by atoms with E-state index in [1.165, 1.54) is 127 Å². The van der Waals surface area contributed by atoms with Crippen LogP contribution in [0.5, 0.6) is 28.7 Å². The zero-order valence-electron chi connectivity index (χ0n) is 80.2. The highest BCUT2D eigenvalue weighted by atomic mass is 32.1. The molecule has 38 heteroatoms. The Bertz CT molecular complexity index is 7850. The minimum absolute atomic E-state index is 0.197. The Kier molecular flexibility index (Phi) is 33.7. The maximum atomic E-state index is 13.9. The number of carbonyl (C=O) groups is 5. The van der Waals surface area contributed by atoms with Crippen LogP contribution >= 0.6 is 11.3 Å². The first-order valence-electron chi connectivity index (χ1n) is 46.0. The summed E-state index contributed by atoms with van der Waals surface area (Å²) >= 11 is 1.56. The quantitative estimate of drug-likeness (QED) is 0.0195. The summed E-state index contributed by atoms with van der Waals surface area (Å²) in [6, 6.07) is 54.4. The molecule has 5 amide bonds. The van der Waals surface area contributed by atoms with E-state index in [0.29, 0.717) is 159 Å². The molecular weight excluding hydrogens is 1970 g/mol. The van der Waals surface area contributed by atoms with Gasteiger partial charge in [-0.25, -0.2) is 43.9 Å². The number of hydrogen-bond acceptors (Lipinski definition) is 18. The van der Waals surface area contributed by atoms with Crippen LogP contribution in [0.3, 0.4) is 0 Å². The summed E-state index contributed by atoms with van der Waals surface area (Å²) in [5, 5.41) is 56.7. The Labute approximate surface area is 852 Å². The third kappa shape index (κ3) is 25.4. The van der Waals surface area contributed by atoms with Crippen molar-refractivity contribution in [3.05, 3.63) is 412 Å². The number of methoxy groups -OCH3 is 5. The van der Waals surface area contributed by atoms with Crippen LogP contribution in [0.25, 0.3) is 115 Å². The highest BCUT2D eigenvalue weighted by molar-refractivity contribution is 7.08. The van der Waals surface area contributed by atoms with Crippen LogP contribution in [0, 0.1) is 58.2 Å². The van der Waals surface area contributed by atoms with Gasteiger partial charge < -0.3 is 50.3 Å². The number of benzene rings is 11. The molecule has 0 bridgehead atoms. The van der Waals surface area contributed by atoms with Crippen molar-refractivity contribution in [2.24, 2.45) is 0 Å². The SMILES string of the molecule is COc1c(C(=O)NC2CC2)ccc2n[nH]c(/C=C/c3ccc(F)cc3F)c12.COc1c(C(=O)NCc2ccccc2)ccc2n[nH]c(/C=C/c3ccc(F)cc3F)c12.COc1c(C(=O)NCc2ccccn2)ccc2n[nH]c(/C=C/c3ccc(F)cc3F)c12.COc1c(C(=O)NCc2cccnc2)ccc2n[nH]c(/C=C/c3ccc(F)cc3F)c12.COc1c(C(=O)NCc2ccsc2)ccc2n[nH]c(/C=C/c3ccc(F)cc3F)c12. The van der Waals surface area contributed by atoms with Crippen LogP contribution in [0.1, 0.15) is 143 Å². The molecule has 0 aliphatic heterocycles. The number of nitrogens with zero attached hydrogens (tertiary/aromatic N) is 7. The zero-order valence-corrected chi connectivity index (χ0v) is 81.0. The largest absolute Gasteiger partial charge is 0.495 e. The predicted octanol–water partition coefficient (Wildman–Crippen LogP) is 22.6. The molecule has 0 atom stereocenters. The Hall–Kier alpha value is -18.9. The number of amides is 5. The summed E-state index contributed by atoms with van der Waals surface area (Å²) in [5.41, 5.74) is 12.2. The first kappa shape index (κ1) is 104. The molecule has 11 aromatic carbocycles. The van der Waals surface area contributed by atoms with Crippen LogP contribution in [-0.4, -0.2) is 132 Å². The Balaban J connectivity index is 0.000000134. The van der Waals surface area contributed by atoms with Gasteiger partial charge in [0.1, 0.15) is 86.9 Å². The molecule has 150 heavy (non-hydrogen) atoms. The molecule has 0 saturated heterocycles. The molecule has 8 heterocycles. The second-order valence-electron chi connectivity index (χ2n) is 33.2. The van der Waals surface area contributed by atoms with Gasteiger partial charge in [0.2, 0.25) is 0 Å². The van der Waals surface area contributed by atoms with Crippen molar-refractivity contribution in [2.75, 3.05) is 35.5 Å². The minimum atomic E-state index is -0.679. The molecule has 1 saturated carbocycles. The number of thiophene rings is 1. The van der Waals surface area contributed by atoms with E-state index in [1.54, 1.807) is 133 Å². The normalized spacial score (nSPS) is 11.7. The molecule has 1 aliphatic carbocycles. The number of rotatable bonds is 29. The second kappa shape index (κ2) is 48.7. The Morgan fingerprint density at radius 1 is 0.320 bits per heavy atom. The van der Waals surface area contributed by atoms with Crippen LogP contribution < -0.4 is 50.3 Å². The summed E-state index contributed by atoms with van der Waals surface area (Å²) in [4.78, 5) is 71.8. The summed E-state index contributed by atoms with van der Waals surface area (Å²) in [6.45, 7) is 1.37. The van der Waals surface area contributed by atoms with Crippen LogP contribution in [0.15, 0.2) is 248 Å². The van der Waals surface area contributed by atoms with Gasteiger partial charge in [0.05, 0.1) is 159 Å². The number of carbonyl (C=O) groups excluding carboxylic acids is 5. The van der Waals surface area contributed by atoms with E-state index in [1.807, 2.05) is 65.4 Å². The number of aromatic amines is 5. The number of pyridine rings is 2. The number of nitrogens with one attached hydrogen (secondary N) is 10. The molecule has 0 spiro atoms. The monoisotopic (exact) mass is 2050 g/mol. The van der Waals surface area contributed by atoms with Crippen LogP contribution in [0.2, 0.25) is 0 Å². The van der Waals surface area contributed by atoms with Crippen LogP contribution in [-0.2, 0) is 26.2 Å². The van der Waals surface area contributed by atoms with Crippen LogP contribution in [0.4, 0.5) is 43.9 Å². The van der Waals surface area contributed by atoms with E-state index in [-0.39, 0.29) is 69.9 Å². The topological polar surface area (TPSA) is 361 Å². The third-order valence-electron chi connectivity index (χ3n) is 23.3.